The van der Waals surface area contributed by atoms with Crippen LogP contribution >= 0.6 is 0 Å². The van der Waals surface area contributed by atoms with Crippen molar-refractivity contribution in [2.45, 2.75) is 54.1 Å². The molecule has 1 amide bonds. The normalized spacial score (nSPS) is 14.7. The highest BCUT2D eigenvalue weighted by Crippen LogP contribution is 2.26. The molecule has 1 aromatic heterocycles. The SMILES string of the molecule is CCNC(=O)C(C)(C)CN=C(NCC)NCC(C)(O)c1cc(C)oc1C. The molecule has 7 nitrogen and oxygen atoms in total. The van der Waals surface area contributed by atoms with E-state index in [1.54, 1.807) is 6.92 Å². The molecule has 1 rings (SSSR count). The van der Waals surface area contributed by atoms with Crippen LogP contribution in [0.25, 0.3) is 0 Å². The van der Waals surface area contributed by atoms with Crippen molar-refractivity contribution in [1.82, 2.24) is 16.0 Å². The number of carbonyl (C=O) groups is 1. The van der Waals surface area contributed by atoms with Crippen LogP contribution in [0, 0.1) is 19.3 Å². The van der Waals surface area contributed by atoms with Gasteiger partial charge in [0.15, 0.2) is 5.96 Å². The van der Waals surface area contributed by atoms with Gasteiger partial charge in [-0.2, -0.15) is 0 Å². The van der Waals surface area contributed by atoms with Crippen LogP contribution in [0.4, 0.5) is 0 Å². The van der Waals surface area contributed by atoms with Gasteiger partial charge in [-0.1, -0.05) is 0 Å². The van der Waals surface area contributed by atoms with Crippen molar-refractivity contribution in [1.29, 1.82) is 0 Å². The lowest BCUT2D eigenvalue weighted by molar-refractivity contribution is -0.128. The molecule has 1 aromatic rings. The van der Waals surface area contributed by atoms with Gasteiger partial charge in [0, 0.05) is 18.7 Å². The Hall–Kier alpha value is -2.02. The smallest absolute Gasteiger partial charge is 0.227 e. The number of rotatable bonds is 8. The van der Waals surface area contributed by atoms with Crippen LogP contribution < -0.4 is 16.0 Å². The first kappa shape index (κ1) is 22.0. The van der Waals surface area contributed by atoms with E-state index in [9.17, 15) is 9.90 Å². The predicted molar refractivity (Wildman–Crippen MR) is 104 cm³/mol. The largest absolute Gasteiger partial charge is 0.466 e. The highest BCUT2D eigenvalue weighted by Gasteiger charge is 2.29. The summed E-state index contributed by atoms with van der Waals surface area (Å²) in [6, 6.07) is 1.85. The van der Waals surface area contributed by atoms with Gasteiger partial charge < -0.3 is 25.5 Å². The minimum absolute atomic E-state index is 0.0314. The van der Waals surface area contributed by atoms with E-state index in [1.807, 2.05) is 47.6 Å². The third-order valence-electron chi connectivity index (χ3n) is 4.15. The number of guanidine groups is 1. The maximum Gasteiger partial charge on any atom is 0.227 e. The molecule has 0 saturated carbocycles. The highest BCUT2D eigenvalue weighted by atomic mass is 16.3. The van der Waals surface area contributed by atoms with Crippen molar-refractivity contribution >= 4 is 11.9 Å². The first-order chi connectivity index (χ1) is 12.0. The molecule has 1 heterocycles. The quantitative estimate of drug-likeness (QED) is 0.415. The second-order valence-corrected chi connectivity index (χ2v) is 7.39. The molecule has 148 valence electrons. The summed E-state index contributed by atoms with van der Waals surface area (Å²) in [6.07, 6.45) is 0. The van der Waals surface area contributed by atoms with E-state index in [0.29, 0.717) is 31.4 Å². The van der Waals surface area contributed by atoms with Crippen molar-refractivity contribution in [3.05, 3.63) is 23.2 Å². The molecule has 4 N–H and O–H groups in total. The Balaban J connectivity index is 2.81. The van der Waals surface area contributed by atoms with E-state index in [4.69, 9.17) is 4.42 Å². The Morgan fingerprint density at radius 3 is 2.27 bits per heavy atom. The van der Waals surface area contributed by atoms with Gasteiger partial charge in [0.1, 0.15) is 17.1 Å². The van der Waals surface area contributed by atoms with Gasteiger partial charge in [-0.15, -0.1) is 0 Å². The van der Waals surface area contributed by atoms with Gasteiger partial charge in [0.25, 0.3) is 0 Å². The summed E-state index contributed by atoms with van der Waals surface area (Å²) in [5.74, 6) is 2.00. The summed E-state index contributed by atoms with van der Waals surface area (Å²) >= 11 is 0. The predicted octanol–water partition coefficient (Wildman–Crippen LogP) is 1.82. The van der Waals surface area contributed by atoms with E-state index in [2.05, 4.69) is 20.9 Å². The van der Waals surface area contributed by atoms with Crippen molar-refractivity contribution in [2.24, 2.45) is 10.4 Å². The molecule has 0 radical (unpaired) electrons. The molecule has 0 aliphatic rings. The van der Waals surface area contributed by atoms with E-state index in [-0.39, 0.29) is 12.5 Å². The van der Waals surface area contributed by atoms with Crippen LogP contribution in [0.3, 0.4) is 0 Å². The molecule has 1 atom stereocenters. The summed E-state index contributed by atoms with van der Waals surface area (Å²) < 4.78 is 5.52. The zero-order valence-electron chi connectivity index (χ0n) is 17.1. The van der Waals surface area contributed by atoms with Gasteiger partial charge in [-0.25, -0.2) is 0 Å². The molecule has 0 spiro atoms. The Labute approximate surface area is 156 Å². The standard InChI is InChI=1S/C19H34N4O3/c1-8-20-16(24)18(5,6)11-22-17(21-9-2)23-12-19(7,25)15-10-13(3)26-14(15)4/h10,25H,8-9,11-12H2,1-7H3,(H,20,24)(H2,21,22,23). The number of carbonyl (C=O) groups excluding carboxylic acids is 1. The van der Waals surface area contributed by atoms with Crippen molar-refractivity contribution in [3.63, 3.8) is 0 Å². The van der Waals surface area contributed by atoms with Crippen LogP contribution in [-0.2, 0) is 10.4 Å². The molecule has 0 fully saturated rings. The van der Waals surface area contributed by atoms with Crippen molar-refractivity contribution in [2.75, 3.05) is 26.2 Å². The van der Waals surface area contributed by atoms with Crippen LogP contribution in [0.15, 0.2) is 15.5 Å². The summed E-state index contributed by atoms with van der Waals surface area (Å²) in [4.78, 5) is 16.6. The average molecular weight is 367 g/mol. The van der Waals surface area contributed by atoms with Crippen molar-refractivity contribution < 1.29 is 14.3 Å². The van der Waals surface area contributed by atoms with Crippen LogP contribution in [0.1, 0.15) is 51.7 Å². The molecule has 0 aliphatic heterocycles. The van der Waals surface area contributed by atoms with E-state index < -0.39 is 11.0 Å². The third kappa shape index (κ3) is 6.05. The molecular formula is C19H34N4O3. The Bertz CT molecular complexity index is 633. The average Bonchev–Trinajstić information content (AvgIpc) is 2.90. The van der Waals surface area contributed by atoms with Gasteiger partial charge in [-0.3, -0.25) is 9.79 Å². The number of aliphatic imine (C=N–C) groups is 1. The first-order valence-corrected chi connectivity index (χ1v) is 9.14. The molecule has 0 bridgehead atoms. The number of furan rings is 1. The summed E-state index contributed by atoms with van der Waals surface area (Å²) in [5.41, 5.74) is -0.965. The molecule has 0 aliphatic carbocycles. The van der Waals surface area contributed by atoms with Gasteiger partial charge in [0.05, 0.1) is 18.5 Å². The minimum Gasteiger partial charge on any atom is -0.466 e. The Kier molecular flexibility index (Phi) is 7.68. The molecule has 1 unspecified atom stereocenters. The Morgan fingerprint density at radius 1 is 1.15 bits per heavy atom. The van der Waals surface area contributed by atoms with Gasteiger partial charge in [-0.05, 0) is 54.5 Å². The number of hydrogen-bond acceptors (Lipinski definition) is 4. The zero-order chi connectivity index (χ0) is 20.0. The zero-order valence-corrected chi connectivity index (χ0v) is 17.1. The third-order valence-corrected chi connectivity index (χ3v) is 4.15. The summed E-state index contributed by atoms with van der Waals surface area (Å²) in [7, 11) is 0. The minimum atomic E-state index is -1.10. The lowest BCUT2D eigenvalue weighted by Crippen LogP contribution is -2.45. The molecule has 7 heteroatoms. The molecule has 0 saturated heterocycles. The fraction of sp³-hybridized carbons (Fsp3) is 0.684. The maximum atomic E-state index is 12.1. The van der Waals surface area contributed by atoms with Crippen LogP contribution in [0.5, 0.6) is 0 Å². The molecule has 26 heavy (non-hydrogen) atoms. The van der Waals surface area contributed by atoms with Crippen LogP contribution in [-0.4, -0.2) is 43.2 Å². The lowest BCUT2D eigenvalue weighted by atomic mass is 9.92. The van der Waals surface area contributed by atoms with E-state index in [0.717, 1.165) is 11.3 Å². The van der Waals surface area contributed by atoms with Gasteiger partial charge in [0.2, 0.25) is 5.91 Å². The Morgan fingerprint density at radius 2 is 1.77 bits per heavy atom. The monoisotopic (exact) mass is 366 g/mol. The fourth-order valence-electron chi connectivity index (χ4n) is 2.61. The summed E-state index contributed by atoms with van der Waals surface area (Å²) in [6.45, 7) is 14.9. The number of nitrogens with zero attached hydrogens (tertiary/aromatic N) is 1. The number of aliphatic hydroxyl groups is 1. The number of nitrogens with one attached hydrogen (secondary N) is 3. The molecule has 0 aromatic carbocycles. The first-order valence-electron chi connectivity index (χ1n) is 9.14. The van der Waals surface area contributed by atoms with E-state index >= 15 is 0 Å². The topological polar surface area (TPSA) is 98.9 Å². The maximum absolute atomic E-state index is 12.1. The second kappa shape index (κ2) is 9.07. The number of hydrogen-bond donors (Lipinski definition) is 4. The van der Waals surface area contributed by atoms with E-state index in [1.165, 1.54) is 0 Å². The van der Waals surface area contributed by atoms with Gasteiger partial charge >= 0.3 is 0 Å². The molecular weight excluding hydrogens is 332 g/mol. The summed E-state index contributed by atoms with van der Waals surface area (Å²) in [5, 5.41) is 19.9. The lowest BCUT2D eigenvalue weighted by Gasteiger charge is -2.25. The number of aryl methyl sites for hydroxylation is 2. The second-order valence-electron chi connectivity index (χ2n) is 7.39. The highest BCUT2D eigenvalue weighted by molar-refractivity contribution is 5.83. The number of amides is 1. The van der Waals surface area contributed by atoms with Crippen molar-refractivity contribution in [3.8, 4) is 0 Å². The fourth-order valence-corrected chi connectivity index (χ4v) is 2.61. The van der Waals surface area contributed by atoms with Crippen LogP contribution in [0.2, 0.25) is 0 Å².